The van der Waals surface area contributed by atoms with Crippen molar-refractivity contribution in [2.45, 2.75) is 6.18 Å². The third kappa shape index (κ3) is 4.45. The molecule has 1 rings (SSSR count). The number of allylic oxidation sites excluding steroid dienone is 1. The van der Waals surface area contributed by atoms with Gasteiger partial charge in [-0.1, -0.05) is 23.2 Å². The maximum atomic E-state index is 12.6. The van der Waals surface area contributed by atoms with Crippen molar-refractivity contribution >= 4 is 41.1 Å². The molecule has 0 saturated carbocycles. The van der Waals surface area contributed by atoms with Crippen molar-refractivity contribution in [1.82, 2.24) is 9.88 Å². The highest BCUT2D eigenvalue weighted by Gasteiger charge is 2.36. The molecule has 0 spiro atoms. The minimum Gasteiger partial charge on any atom is -0.394 e. The molecular formula is C13H11Cl2F3N4O2. The Kier molecular flexibility index (Phi) is 6.33. The first kappa shape index (κ1) is 19.9. The number of nitrogens with zero attached hydrogens (tertiary/aromatic N) is 2. The fraction of sp³-hybridized carbons (Fsp3) is 0.231. The van der Waals surface area contributed by atoms with E-state index in [0.717, 1.165) is 19.4 Å². The van der Waals surface area contributed by atoms with E-state index < -0.39 is 35.7 Å². The molecule has 0 atom stereocenters. The quantitative estimate of drug-likeness (QED) is 0.464. The number of alkyl halides is 3. The summed E-state index contributed by atoms with van der Waals surface area (Å²) in [4.78, 5) is 28.5. The number of amides is 1. The number of ketones is 1. The molecular weight excluding hydrogens is 372 g/mol. The van der Waals surface area contributed by atoms with Crippen molar-refractivity contribution in [2.24, 2.45) is 5.73 Å². The van der Waals surface area contributed by atoms with Gasteiger partial charge in [0.25, 0.3) is 5.91 Å². The number of carbonyl (C=O) groups is 2. The van der Waals surface area contributed by atoms with E-state index in [9.17, 15) is 22.8 Å². The van der Waals surface area contributed by atoms with Crippen LogP contribution in [0.4, 0.5) is 13.2 Å². The van der Waals surface area contributed by atoms with Crippen LogP contribution < -0.4 is 5.73 Å². The Hall–Kier alpha value is -2.13. The molecule has 1 aromatic heterocycles. The number of likely N-dealkylation sites (N-methyl/N-ethyl adjacent to an activating group) is 1. The van der Waals surface area contributed by atoms with Gasteiger partial charge in [-0.3, -0.25) is 14.6 Å². The van der Waals surface area contributed by atoms with E-state index in [4.69, 9.17) is 34.3 Å². The largest absolute Gasteiger partial charge is 0.431 e. The highest BCUT2D eigenvalue weighted by Crippen LogP contribution is 2.25. The highest BCUT2D eigenvalue weighted by atomic mass is 35.5. The molecule has 0 radical (unpaired) electrons. The smallest absolute Gasteiger partial charge is 0.394 e. The van der Waals surface area contributed by atoms with Gasteiger partial charge in [0.1, 0.15) is 5.70 Å². The van der Waals surface area contributed by atoms with Gasteiger partial charge in [0.15, 0.2) is 5.78 Å². The van der Waals surface area contributed by atoms with E-state index in [1.54, 1.807) is 0 Å². The average Bonchev–Trinajstić information content (AvgIpc) is 2.46. The van der Waals surface area contributed by atoms with Crippen LogP contribution in [0, 0.1) is 5.41 Å². The maximum absolute atomic E-state index is 12.6. The van der Waals surface area contributed by atoms with Gasteiger partial charge in [-0.05, 0) is 0 Å². The Morgan fingerprint density at radius 3 is 2.25 bits per heavy atom. The zero-order chi connectivity index (χ0) is 18.7. The lowest BCUT2D eigenvalue weighted by Crippen LogP contribution is -2.36. The molecule has 1 heterocycles. The zero-order valence-corrected chi connectivity index (χ0v) is 13.6. The lowest BCUT2D eigenvalue weighted by molar-refractivity contribution is -0.126. The van der Waals surface area contributed by atoms with E-state index in [1.807, 2.05) is 0 Å². The van der Waals surface area contributed by atoms with Crippen molar-refractivity contribution in [2.75, 3.05) is 13.6 Å². The second-order valence-electron chi connectivity index (χ2n) is 4.53. The monoisotopic (exact) mass is 382 g/mol. The van der Waals surface area contributed by atoms with E-state index in [1.165, 1.54) is 0 Å². The van der Waals surface area contributed by atoms with Crippen LogP contribution in [0.1, 0.15) is 10.4 Å². The van der Waals surface area contributed by atoms with Crippen LogP contribution >= 0.6 is 23.2 Å². The Balaban J connectivity index is 3.07. The van der Waals surface area contributed by atoms with Crippen LogP contribution in [0.25, 0.3) is 0 Å². The van der Waals surface area contributed by atoms with Gasteiger partial charge in [0, 0.05) is 25.7 Å². The molecule has 0 aromatic carbocycles. The molecule has 0 aliphatic heterocycles. The third-order valence-corrected chi connectivity index (χ3v) is 3.40. The highest BCUT2D eigenvalue weighted by molar-refractivity contribution is 6.39. The molecule has 1 amide bonds. The van der Waals surface area contributed by atoms with Gasteiger partial charge < -0.3 is 16.0 Å². The summed E-state index contributed by atoms with van der Waals surface area (Å²) in [5, 5.41) is 6.84. The van der Waals surface area contributed by atoms with Gasteiger partial charge in [-0.25, -0.2) is 0 Å². The Morgan fingerprint density at radius 2 is 1.83 bits per heavy atom. The molecule has 0 unspecified atom stereocenters. The van der Waals surface area contributed by atoms with Crippen molar-refractivity contribution < 1.29 is 22.8 Å². The van der Waals surface area contributed by atoms with E-state index >= 15 is 0 Å². The Bertz CT molecular complexity index is 699. The number of nitrogens with two attached hydrogens (primary N) is 1. The van der Waals surface area contributed by atoms with Crippen LogP contribution in [-0.4, -0.2) is 47.6 Å². The summed E-state index contributed by atoms with van der Waals surface area (Å²) in [7, 11) is 1.08. The predicted molar refractivity (Wildman–Crippen MR) is 82.3 cm³/mol. The normalized spacial score (nSPS) is 12.4. The standard InChI is InChI=1S/C13H11Cl2F3N4O2/c1-22(12(24)6(2-19)11(20)13(16,17)18)5-9(23)10-7(14)3-21-4-8(10)15/h2-4,19H,5,20H2,1H3/b11-6+,19-2?. The van der Waals surface area contributed by atoms with Gasteiger partial charge in [-0.2, -0.15) is 13.2 Å². The molecule has 6 nitrogen and oxygen atoms in total. The number of hydrogen-bond donors (Lipinski definition) is 2. The lowest BCUT2D eigenvalue weighted by atomic mass is 10.1. The average molecular weight is 383 g/mol. The summed E-state index contributed by atoms with van der Waals surface area (Å²) < 4.78 is 37.7. The van der Waals surface area contributed by atoms with Gasteiger partial charge >= 0.3 is 6.18 Å². The van der Waals surface area contributed by atoms with Gasteiger partial charge in [0.2, 0.25) is 0 Å². The second kappa shape index (κ2) is 7.63. The molecule has 24 heavy (non-hydrogen) atoms. The minimum absolute atomic E-state index is 0.0639. The van der Waals surface area contributed by atoms with Crippen LogP contribution in [0.15, 0.2) is 23.7 Å². The Morgan fingerprint density at radius 1 is 1.33 bits per heavy atom. The summed E-state index contributed by atoms with van der Waals surface area (Å²) in [6, 6.07) is 0. The summed E-state index contributed by atoms with van der Waals surface area (Å²) in [6.45, 7) is -0.620. The number of halogens is 5. The van der Waals surface area contributed by atoms with Crippen molar-refractivity contribution in [1.29, 1.82) is 5.41 Å². The number of aromatic nitrogens is 1. The first-order valence-electron chi connectivity index (χ1n) is 6.15. The summed E-state index contributed by atoms with van der Waals surface area (Å²) in [6.07, 6.45) is -2.48. The summed E-state index contributed by atoms with van der Waals surface area (Å²) in [5.41, 5.74) is 1.94. The van der Waals surface area contributed by atoms with Crippen LogP contribution in [0.3, 0.4) is 0 Å². The molecule has 0 saturated heterocycles. The van der Waals surface area contributed by atoms with Crippen molar-refractivity contribution in [3.8, 4) is 0 Å². The van der Waals surface area contributed by atoms with E-state index in [-0.39, 0.29) is 21.8 Å². The SMILES string of the molecule is CN(CC(=O)c1c(Cl)cncc1Cl)C(=O)/C(C=N)=C(/N)C(F)(F)F. The van der Waals surface area contributed by atoms with E-state index in [2.05, 4.69) is 4.98 Å². The third-order valence-electron chi connectivity index (χ3n) is 2.83. The van der Waals surface area contributed by atoms with E-state index in [0.29, 0.717) is 4.90 Å². The topological polar surface area (TPSA) is 100 Å². The molecule has 1 aromatic rings. The first-order valence-corrected chi connectivity index (χ1v) is 6.91. The number of hydrogen-bond acceptors (Lipinski definition) is 5. The fourth-order valence-electron chi connectivity index (χ4n) is 1.66. The number of nitrogens with one attached hydrogen (secondary N) is 1. The second-order valence-corrected chi connectivity index (χ2v) is 5.35. The van der Waals surface area contributed by atoms with Crippen LogP contribution in [0.5, 0.6) is 0 Å². The zero-order valence-electron chi connectivity index (χ0n) is 12.1. The number of rotatable bonds is 5. The summed E-state index contributed by atoms with van der Waals surface area (Å²) >= 11 is 11.6. The molecule has 0 fully saturated rings. The molecule has 3 N–H and O–H groups in total. The lowest BCUT2D eigenvalue weighted by Gasteiger charge is -2.19. The molecule has 0 aliphatic rings. The van der Waals surface area contributed by atoms with Gasteiger partial charge in [0.05, 0.1) is 27.7 Å². The predicted octanol–water partition coefficient (Wildman–Crippen LogP) is 2.45. The molecule has 11 heteroatoms. The molecule has 130 valence electrons. The number of pyridine rings is 1. The van der Waals surface area contributed by atoms with Crippen molar-refractivity contribution in [3.05, 3.63) is 39.3 Å². The minimum atomic E-state index is -4.98. The first-order chi connectivity index (χ1) is 11.0. The number of carbonyl (C=O) groups excluding carboxylic acids is 2. The van der Waals surface area contributed by atoms with Crippen molar-refractivity contribution in [3.63, 3.8) is 0 Å². The summed E-state index contributed by atoms with van der Waals surface area (Å²) in [5.74, 6) is -1.95. The van der Waals surface area contributed by atoms with Gasteiger partial charge in [-0.15, -0.1) is 0 Å². The molecule has 0 aliphatic carbocycles. The van der Waals surface area contributed by atoms with Crippen LogP contribution in [-0.2, 0) is 4.79 Å². The van der Waals surface area contributed by atoms with Crippen LogP contribution in [0.2, 0.25) is 10.0 Å². The number of Topliss-reactive ketones (excluding diaryl/α,β-unsaturated/α-hetero) is 1. The molecule has 0 bridgehead atoms. The maximum Gasteiger partial charge on any atom is 0.431 e. The fourth-order valence-corrected chi connectivity index (χ4v) is 2.23. The Labute approximate surface area is 144 Å².